The second-order valence-electron chi connectivity index (χ2n) is 2.58. The molecule has 1 N–H and O–H groups in total. The van der Waals surface area contributed by atoms with Crippen LogP contribution >= 0.6 is 22.9 Å². The van der Waals surface area contributed by atoms with Crippen molar-refractivity contribution < 1.29 is 5.11 Å². The smallest absolute Gasteiger partial charge is 0.0545 e. The van der Waals surface area contributed by atoms with Crippen LogP contribution in [0.2, 0.25) is 5.02 Å². The van der Waals surface area contributed by atoms with Crippen LogP contribution in [0.1, 0.15) is 18.2 Å². The highest BCUT2D eigenvalue weighted by atomic mass is 35.5. The van der Waals surface area contributed by atoms with Gasteiger partial charge < -0.3 is 5.11 Å². The van der Waals surface area contributed by atoms with Gasteiger partial charge in [0.25, 0.3) is 0 Å². The number of hydrogen-bond donors (Lipinski definition) is 1. The third kappa shape index (κ3) is 2.81. The van der Waals surface area contributed by atoms with Crippen molar-refractivity contribution >= 4 is 22.9 Å². The molecule has 0 aliphatic carbocycles. The molecule has 1 rings (SSSR count). The lowest BCUT2D eigenvalue weighted by molar-refractivity contribution is 0.185. The van der Waals surface area contributed by atoms with Gasteiger partial charge in [0, 0.05) is 4.88 Å². The van der Waals surface area contributed by atoms with Gasteiger partial charge in [0.05, 0.1) is 11.1 Å². The maximum absolute atomic E-state index is 9.00. The molecule has 1 nitrogen and oxygen atoms in total. The van der Waals surface area contributed by atoms with Gasteiger partial charge in [-0.15, -0.1) is 11.3 Å². The van der Waals surface area contributed by atoms with E-state index in [0.717, 1.165) is 17.9 Å². The van der Waals surface area contributed by atoms with Crippen molar-refractivity contribution in [2.24, 2.45) is 0 Å². The van der Waals surface area contributed by atoms with Crippen LogP contribution in [-0.2, 0) is 6.42 Å². The summed E-state index contributed by atoms with van der Waals surface area (Å²) >= 11 is 7.50. The molecule has 0 saturated carbocycles. The third-order valence-corrected chi connectivity index (χ3v) is 2.93. The summed E-state index contributed by atoms with van der Waals surface area (Å²) in [6, 6.07) is 1.89. The van der Waals surface area contributed by atoms with Crippen LogP contribution in [0.15, 0.2) is 11.4 Å². The zero-order chi connectivity index (χ0) is 8.27. The molecule has 0 radical (unpaired) electrons. The first-order chi connectivity index (χ1) is 5.20. The molecule has 0 saturated heterocycles. The number of hydrogen-bond acceptors (Lipinski definition) is 2. The Morgan fingerprint density at radius 3 is 2.91 bits per heavy atom. The van der Waals surface area contributed by atoms with Crippen molar-refractivity contribution in [2.45, 2.75) is 25.9 Å². The second kappa shape index (κ2) is 4.10. The first kappa shape index (κ1) is 9.04. The summed E-state index contributed by atoms with van der Waals surface area (Å²) in [5.74, 6) is 0. The Morgan fingerprint density at radius 2 is 2.45 bits per heavy atom. The first-order valence-electron chi connectivity index (χ1n) is 3.60. The summed E-state index contributed by atoms with van der Waals surface area (Å²) < 4.78 is 0. The first-order valence-corrected chi connectivity index (χ1v) is 4.86. The highest BCUT2D eigenvalue weighted by Crippen LogP contribution is 2.23. The van der Waals surface area contributed by atoms with Crippen LogP contribution in [0.3, 0.4) is 0 Å². The topological polar surface area (TPSA) is 20.2 Å². The second-order valence-corrected chi connectivity index (χ2v) is 3.99. The molecule has 0 aromatic carbocycles. The van der Waals surface area contributed by atoms with Crippen molar-refractivity contribution in [3.05, 3.63) is 21.3 Å². The van der Waals surface area contributed by atoms with Gasteiger partial charge in [-0.05, 0) is 31.2 Å². The van der Waals surface area contributed by atoms with E-state index in [0.29, 0.717) is 0 Å². The van der Waals surface area contributed by atoms with Crippen LogP contribution in [0.5, 0.6) is 0 Å². The van der Waals surface area contributed by atoms with E-state index in [2.05, 4.69) is 0 Å². The van der Waals surface area contributed by atoms with E-state index >= 15 is 0 Å². The zero-order valence-corrected chi connectivity index (χ0v) is 7.95. The van der Waals surface area contributed by atoms with Crippen molar-refractivity contribution in [1.29, 1.82) is 0 Å². The Hall–Kier alpha value is -0.0500. The minimum atomic E-state index is -0.229. The summed E-state index contributed by atoms with van der Waals surface area (Å²) in [6.07, 6.45) is 1.45. The molecule has 0 aliphatic heterocycles. The van der Waals surface area contributed by atoms with E-state index in [1.807, 2.05) is 11.4 Å². The SMILES string of the molecule is CC(O)CCc1sccc1Cl. The number of rotatable bonds is 3. The molecule has 11 heavy (non-hydrogen) atoms. The van der Waals surface area contributed by atoms with Gasteiger partial charge in [-0.3, -0.25) is 0 Å². The minimum absolute atomic E-state index is 0.229. The Balaban J connectivity index is 2.44. The van der Waals surface area contributed by atoms with Crippen LogP contribution in [-0.4, -0.2) is 11.2 Å². The van der Waals surface area contributed by atoms with E-state index in [-0.39, 0.29) is 6.10 Å². The van der Waals surface area contributed by atoms with Crippen LogP contribution < -0.4 is 0 Å². The lowest BCUT2D eigenvalue weighted by Crippen LogP contribution is -2.00. The molecule has 1 unspecified atom stereocenters. The number of aliphatic hydroxyl groups excluding tert-OH is 1. The van der Waals surface area contributed by atoms with Gasteiger partial charge in [-0.25, -0.2) is 0 Å². The van der Waals surface area contributed by atoms with Gasteiger partial charge >= 0.3 is 0 Å². The Bertz CT molecular complexity index is 220. The Labute approximate surface area is 75.6 Å². The van der Waals surface area contributed by atoms with E-state index in [1.165, 1.54) is 4.88 Å². The maximum atomic E-state index is 9.00. The summed E-state index contributed by atoms with van der Waals surface area (Å²) in [4.78, 5) is 1.17. The van der Waals surface area contributed by atoms with Crippen LogP contribution in [0.4, 0.5) is 0 Å². The Kier molecular flexibility index (Phi) is 3.37. The van der Waals surface area contributed by atoms with E-state index in [9.17, 15) is 0 Å². The molecule has 1 heterocycles. The quantitative estimate of drug-likeness (QED) is 0.777. The van der Waals surface area contributed by atoms with Gasteiger partial charge in [-0.1, -0.05) is 11.6 Å². The van der Waals surface area contributed by atoms with E-state index in [4.69, 9.17) is 16.7 Å². The minimum Gasteiger partial charge on any atom is -0.393 e. The molecule has 0 fully saturated rings. The fourth-order valence-electron chi connectivity index (χ4n) is 0.843. The highest BCUT2D eigenvalue weighted by Gasteiger charge is 2.02. The maximum Gasteiger partial charge on any atom is 0.0545 e. The van der Waals surface area contributed by atoms with Crippen molar-refractivity contribution in [3.8, 4) is 0 Å². The van der Waals surface area contributed by atoms with Crippen LogP contribution in [0, 0.1) is 0 Å². The fourth-order valence-corrected chi connectivity index (χ4v) is 1.99. The molecule has 3 heteroatoms. The van der Waals surface area contributed by atoms with Crippen molar-refractivity contribution in [2.75, 3.05) is 0 Å². The molecule has 0 aliphatic rings. The standard InChI is InChI=1S/C8H11ClOS/c1-6(10)2-3-8-7(9)4-5-11-8/h4-6,10H,2-3H2,1H3. The molecule has 1 atom stereocenters. The van der Waals surface area contributed by atoms with Gasteiger partial charge in [-0.2, -0.15) is 0 Å². The summed E-state index contributed by atoms with van der Waals surface area (Å²) in [7, 11) is 0. The average Bonchev–Trinajstić information content (AvgIpc) is 2.31. The lowest BCUT2D eigenvalue weighted by atomic mass is 10.2. The van der Waals surface area contributed by atoms with Crippen LogP contribution in [0.25, 0.3) is 0 Å². The van der Waals surface area contributed by atoms with E-state index < -0.39 is 0 Å². The van der Waals surface area contributed by atoms with Crippen molar-refractivity contribution in [3.63, 3.8) is 0 Å². The molecule has 0 amide bonds. The molecule has 1 aromatic heterocycles. The summed E-state index contributed by atoms with van der Waals surface area (Å²) in [5, 5.41) is 11.8. The van der Waals surface area contributed by atoms with Gasteiger partial charge in [0.2, 0.25) is 0 Å². The molecule has 62 valence electrons. The molecule has 0 spiro atoms. The number of halogens is 1. The van der Waals surface area contributed by atoms with Gasteiger partial charge in [0.1, 0.15) is 0 Å². The molecular weight excluding hydrogens is 180 g/mol. The average molecular weight is 191 g/mol. The van der Waals surface area contributed by atoms with Crippen molar-refractivity contribution in [1.82, 2.24) is 0 Å². The zero-order valence-electron chi connectivity index (χ0n) is 6.38. The predicted octanol–water partition coefficient (Wildman–Crippen LogP) is 2.71. The molecular formula is C8H11ClOS. The molecule has 1 aromatic rings. The third-order valence-electron chi connectivity index (χ3n) is 1.48. The Morgan fingerprint density at radius 1 is 1.73 bits per heavy atom. The normalized spacial score (nSPS) is 13.4. The largest absolute Gasteiger partial charge is 0.393 e. The van der Waals surface area contributed by atoms with Gasteiger partial charge in [0.15, 0.2) is 0 Å². The number of aryl methyl sites for hydroxylation is 1. The summed E-state index contributed by atoms with van der Waals surface area (Å²) in [6.45, 7) is 1.79. The molecule has 0 bridgehead atoms. The van der Waals surface area contributed by atoms with E-state index in [1.54, 1.807) is 18.3 Å². The number of thiophene rings is 1. The monoisotopic (exact) mass is 190 g/mol. The fraction of sp³-hybridized carbons (Fsp3) is 0.500. The number of aliphatic hydroxyl groups is 1. The highest BCUT2D eigenvalue weighted by molar-refractivity contribution is 7.10. The predicted molar refractivity (Wildman–Crippen MR) is 49.3 cm³/mol. The lowest BCUT2D eigenvalue weighted by Gasteiger charge is -2.01. The summed E-state index contributed by atoms with van der Waals surface area (Å²) in [5.41, 5.74) is 0.